The molecular weight excluding hydrogens is 346 g/mol. The quantitative estimate of drug-likeness (QED) is 0.447. The maximum atomic E-state index is 13.1. The molecule has 0 unspecified atom stereocenters. The van der Waals surface area contributed by atoms with Gasteiger partial charge in [0.05, 0.1) is 18.8 Å². The molecule has 1 heterocycles. The number of aromatic nitrogens is 1. The smallest absolute Gasteiger partial charge is 0.191 e. The summed E-state index contributed by atoms with van der Waals surface area (Å²) in [6.07, 6.45) is 0. The fourth-order valence-electron chi connectivity index (χ4n) is 1.96. The van der Waals surface area contributed by atoms with Gasteiger partial charge < -0.3 is 15.4 Å². The summed E-state index contributed by atoms with van der Waals surface area (Å²) in [6, 6.07) is 3.45. The molecule has 5 nitrogen and oxygen atoms in total. The van der Waals surface area contributed by atoms with E-state index in [0.717, 1.165) is 22.8 Å². The number of ether oxygens (including phenoxy) is 1. The summed E-state index contributed by atoms with van der Waals surface area (Å²) in [7, 11) is 1.67. The van der Waals surface area contributed by atoms with Crippen molar-refractivity contribution in [2.24, 2.45) is 4.99 Å². The van der Waals surface area contributed by atoms with Crippen molar-refractivity contribution in [1.82, 2.24) is 15.6 Å². The standard InChI is InChI=1S/C17H22F2N4OS/c1-11(2)15-10-25-16(23-15)9-22-17(20-3)21-6-7-24-12-4-5-13(18)14(19)8-12/h4-5,8,10-11H,6-7,9H2,1-3H3,(H2,20,21,22). The number of aliphatic imine (C=N–C) groups is 1. The summed E-state index contributed by atoms with van der Waals surface area (Å²) in [5, 5.41) is 9.32. The zero-order valence-corrected chi connectivity index (χ0v) is 15.3. The fraction of sp³-hybridized carbons (Fsp3) is 0.412. The second-order valence-electron chi connectivity index (χ2n) is 5.60. The van der Waals surface area contributed by atoms with Crippen LogP contribution >= 0.6 is 11.3 Å². The highest BCUT2D eigenvalue weighted by Gasteiger charge is 2.07. The molecule has 1 aromatic heterocycles. The van der Waals surface area contributed by atoms with Crippen molar-refractivity contribution in [3.63, 3.8) is 0 Å². The largest absolute Gasteiger partial charge is 0.492 e. The number of nitrogens with one attached hydrogen (secondary N) is 2. The van der Waals surface area contributed by atoms with E-state index in [2.05, 4.69) is 39.8 Å². The highest BCUT2D eigenvalue weighted by Crippen LogP contribution is 2.17. The molecule has 0 saturated heterocycles. The Morgan fingerprint density at radius 3 is 2.72 bits per heavy atom. The van der Waals surface area contributed by atoms with Gasteiger partial charge in [0.25, 0.3) is 0 Å². The first-order valence-electron chi connectivity index (χ1n) is 7.96. The van der Waals surface area contributed by atoms with Crippen LogP contribution in [-0.2, 0) is 6.54 Å². The third-order valence-electron chi connectivity index (χ3n) is 3.35. The molecule has 2 N–H and O–H groups in total. The highest BCUT2D eigenvalue weighted by atomic mass is 32.1. The molecule has 2 aromatic rings. The first kappa shape index (κ1) is 19.1. The van der Waals surface area contributed by atoms with Crippen molar-refractivity contribution in [1.29, 1.82) is 0 Å². The average molecular weight is 368 g/mol. The second-order valence-corrected chi connectivity index (χ2v) is 6.54. The maximum absolute atomic E-state index is 13.1. The summed E-state index contributed by atoms with van der Waals surface area (Å²) in [4.78, 5) is 8.67. The molecule has 2 rings (SSSR count). The Kier molecular flexibility index (Phi) is 7.12. The number of halogens is 2. The van der Waals surface area contributed by atoms with E-state index in [1.807, 2.05) is 0 Å². The van der Waals surface area contributed by atoms with Gasteiger partial charge in [0.1, 0.15) is 17.4 Å². The normalized spacial score (nSPS) is 11.7. The zero-order chi connectivity index (χ0) is 18.2. The first-order valence-corrected chi connectivity index (χ1v) is 8.84. The lowest BCUT2D eigenvalue weighted by Gasteiger charge is -2.12. The van der Waals surface area contributed by atoms with E-state index >= 15 is 0 Å². The zero-order valence-electron chi connectivity index (χ0n) is 14.5. The van der Waals surface area contributed by atoms with E-state index in [-0.39, 0.29) is 5.75 Å². The Hall–Kier alpha value is -2.22. The van der Waals surface area contributed by atoms with Gasteiger partial charge in [0.15, 0.2) is 17.6 Å². The molecule has 25 heavy (non-hydrogen) atoms. The average Bonchev–Trinajstić information content (AvgIpc) is 3.06. The van der Waals surface area contributed by atoms with Crippen molar-refractivity contribution in [3.05, 3.63) is 45.9 Å². The molecule has 0 amide bonds. The minimum atomic E-state index is -0.924. The monoisotopic (exact) mass is 368 g/mol. The Bertz CT molecular complexity index is 718. The molecule has 0 saturated carbocycles. The van der Waals surface area contributed by atoms with Crippen LogP contribution < -0.4 is 15.4 Å². The number of hydrogen-bond donors (Lipinski definition) is 2. The third-order valence-corrected chi connectivity index (χ3v) is 4.21. The molecule has 1 aromatic carbocycles. The van der Waals surface area contributed by atoms with Gasteiger partial charge in [-0.2, -0.15) is 0 Å². The molecule has 0 atom stereocenters. The van der Waals surface area contributed by atoms with Crippen LogP contribution in [-0.4, -0.2) is 31.1 Å². The molecule has 0 bridgehead atoms. The Labute approximate surface area is 150 Å². The van der Waals surface area contributed by atoms with Gasteiger partial charge in [-0.1, -0.05) is 13.8 Å². The number of hydrogen-bond acceptors (Lipinski definition) is 4. The number of thiazole rings is 1. The lowest BCUT2D eigenvalue weighted by Crippen LogP contribution is -2.38. The van der Waals surface area contributed by atoms with E-state index in [0.29, 0.717) is 31.6 Å². The summed E-state index contributed by atoms with van der Waals surface area (Å²) in [6.45, 7) is 5.56. The lowest BCUT2D eigenvalue weighted by molar-refractivity contribution is 0.318. The van der Waals surface area contributed by atoms with E-state index < -0.39 is 11.6 Å². The van der Waals surface area contributed by atoms with Crippen LogP contribution in [0.5, 0.6) is 5.75 Å². The predicted molar refractivity (Wildman–Crippen MR) is 96.3 cm³/mol. The maximum Gasteiger partial charge on any atom is 0.191 e. The van der Waals surface area contributed by atoms with Gasteiger partial charge in [-0.3, -0.25) is 4.99 Å². The van der Waals surface area contributed by atoms with Gasteiger partial charge in [-0.15, -0.1) is 11.3 Å². The van der Waals surface area contributed by atoms with Crippen LogP contribution in [0.4, 0.5) is 8.78 Å². The van der Waals surface area contributed by atoms with Crippen molar-refractivity contribution in [2.75, 3.05) is 20.2 Å². The van der Waals surface area contributed by atoms with E-state index in [1.165, 1.54) is 6.07 Å². The molecule has 0 aliphatic rings. The Balaban J connectivity index is 1.71. The van der Waals surface area contributed by atoms with Crippen molar-refractivity contribution < 1.29 is 13.5 Å². The van der Waals surface area contributed by atoms with Gasteiger partial charge >= 0.3 is 0 Å². The SMILES string of the molecule is CN=C(NCCOc1ccc(F)c(F)c1)NCc1nc(C(C)C)cs1. The summed E-state index contributed by atoms with van der Waals surface area (Å²) >= 11 is 1.61. The molecule has 0 fully saturated rings. The van der Waals surface area contributed by atoms with Crippen molar-refractivity contribution in [2.45, 2.75) is 26.3 Å². The van der Waals surface area contributed by atoms with E-state index in [1.54, 1.807) is 18.4 Å². The minimum absolute atomic E-state index is 0.285. The summed E-state index contributed by atoms with van der Waals surface area (Å²) in [5.74, 6) is -0.497. The lowest BCUT2D eigenvalue weighted by atomic mass is 10.2. The van der Waals surface area contributed by atoms with Crippen molar-refractivity contribution >= 4 is 17.3 Å². The molecule has 8 heteroatoms. The number of guanidine groups is 1. The van der Waals surface area contributed by atoms with Crippen LogP contribution in [0.25, 0.3) is 0 Å². The Morgan fingerprint density at radius 1 is 1.28 bits per heavy atom. The van der Waals surface area contributed by atoms with Crippen LogP contribution in [0, 0.1) is 11.6 Å². The van der Waals surface area contributed by atoms with E-state index in [9.17, 15) is 8.78 Å². The van der Waals surface area contributed by atoms with Crippen LogP contribution in [0.15, 0.2) is 28.6 Å². The van der Waals surface area contributed by atoms with E-state index in [4.69, 9.17) is 4.74 Å². The summed E-state index contributed by atoms with van der Waals surface area (Å²) in [5.41, 5.74) is 1.09. The minimum Gasteiger partial charge on any atom is -0.492 e. The number of benzene rings is 1. The number of nitrogens with zero attached hydrogens (tertiary/aromatic N) is 2. The van der Waals surface area contributed by atoms with Gasteiger partial charge in [0, 0.05) is 18.5 Å². The number of rotatable bonds is 7. The molecule has 0 spiro atoms. The van der Waals surface area contributed by atoms with Crippen molar-refractivity contribution in [3.8, 4) is 5.75 Å². The predicted octanol–water partition coefficient (Wildman–Crippen LogP) is 3.29. The van der Waals surface area contributed by atoms with Crippen LogP contribution in [0.2, 0.25) is 0 Å². The second kappa shape index (κ2) is 9.31. The van der Waals surface area contributed by atoms with Crippen LogP contribution in [0.3, 0.4) is 0 Å². The molecular formula is C17H22F2N4OS. The first-order chi connectivity index (χ1) is 12.0. The van der Waals surface area contributed by atoms with Gasteiger partial charge in [0.2, 0.25) is 0 Å². The third kappa shape index (κ3) is 5.97. The van der Waals surface area contributed by atoms with Gasteiger partial charge in [-0.05, 0) is 18.1 Å². The molecule has 0 aliphatic heterocycles. The fourth-order valence-corrected chi connectivity index (χ4v) is 2.85. The van der Waals surface area contributed by atoms with Crippen LogP contribution in [0.1, 0.15) is 30.5 Å². The molecule has 0 radical (unpaired) electrons. The van der Waals surface area contributed by atoms with Gasteiger partial charge in [-0.25, -0.2) is 13.8 Å². The topological polar surface area (TPSA) is 58.5 Å². The molecule has 0 aliphatic carbocycles. The molecule has 136 valence electrons. The Morgan fingerprint density at radius 2 is 2.08 bits per heavy atom. The highest BCUT2D eigenvalue weighted by molar-refractivity contribution is 7.09. The summed E-state index contributed by atoms with van der Waals surface area (Å²) < 4.78 is 31.3.